The number of carbonyl (C=O) groups is 1. The number of aryl methyl sites for hydroxylation is 2. The zero-order valence-electron chi connectivity index (χ0n) is 11.9. The second-order valence-corrected chi connectivity index (χ2v) is 4.95. The molecule has 0 saturated heterocycles. The van der Waals surface area contributed by atoms with Crippen molar-refractivity contribution < 1.29 is 9.32 Å². The lowest BCUT2D eigenvalue weighted by Gasteiger charge is -2.06. The van der Waals surface area contributed by atoms with Crippen LogP contribution in [0.4, 0.5) is 0 Å². The first-order chi connectivity index (χ1) is 9.59. The molecule has 0 radical (unpaired) electrons. The second-order valence-electron chi connectivity index (χ2n) is 4.95. The van der Waals surface area contributed by atoms with Gasteiger partial charge in [-0.15, -0.1) is 0 Å². The Bertz CT molecular complexity index is 559. The minimum atomic E-state index is -0.134. The molecule has 0 fully saturated rings. The number of nitrogens with one attached hydrogen (secondary N) is 2. The average molecular weight is 277 g/mol. The van der Waals surface area contributed by atoms with Gasteiger partial charge in [-0.3, -0.25) is 9.89 Å². The molecule has 2 N–H and O–H groups in total. The third-order valence-electron chi connectivity index (χ3n) is 2.98. The SMILES string of the molecule is Cc1noc(C(C)C)c1C(=O)NCCCc1ncn[nH]1. The van der Waals surface area contributed by atoms with E-state index in [2.05, 4.69) is 25.7 Å². The number of nitrogens with zero attached hydrogens (tertiary/aromatic N) is 3. The van der Waals surface area contributed by atoms with Gasteiger partial charge in [-0.25, -0.2) is 4.98 Å². The molecule has 7 nitrogen and oxygen atoms in total. The molecule has 0 spiro atoms. The van der Waals surface area contributed by atoms with Crippen molar-refractivity contribution in [2.45, 2.75) is 39.5 Å². The maximum Gasteiger partial charge on any atom is 0.256 e. The Kier molecular flexibility index (Phi) is 4.49. The number of amides is 1. The predicted molar refractivity (Wildman–Crippen MR) is 72.4 cm³/mol. The number of hydrogen-bond donors (Lipinski definition) is 2. The summed E-state index contributed by atoms with van der Waals surface area (Å²) in [6, 6.07) is 0. The maximum absolute atomic E-state index is 12.2. The van der Waals surface area contributed by atoms with Gasteiger partial charge in [-0.2, -0.15) is 5.10 Å². The molecule has 1 amide bonds. The van der Waals surface area contributed by atoms with Crippen LogP contribution in [-0.2, 0) is 6.42 Å². The van der Waals surface area contributed by atoms with E-state index in [1.54, 1.807) is 6.92 Å². The van der Waals surface area contributed by atoms with Gasteiger partial charge in [0.1, 0.15) is 17.7 Å². The van der Waals surface area contributed by atoms with Crippen LogP contribution in [0.2, 0.25) is 0 Å². The van der Waals surface area contributed by atoms with E-state index in [9.17, 15) is 4.79 Å². The van der Waals surface area contributed by atoms with Gasteiger partial charge in [0.05, 0.1) is 5.69 Å². The van der Waals surface area contributed by atoms with Crippen LogP contribution in [0.1, 0.15) is 53.8 Å². The number of carbonyl (C=O) groups excluding carboxylic acids is 1. The fourth-order valence-corrected chi connectivity index (χ4v) is 1.95. The van der Waals surface area contributed by atoms with Gasteiger partial charge in [-0.1, -0.05) is 19.0 Å². The molecule has 2 aromatic rings. The van der Waals surface area contributed by atoms with E-state index in [0.717, 1.165) is 18.7 Å². The van der Waals surface area contributed by atoms with Crippen LogP contribution in [-0.4, -0.2) is 32.8 Å². The Labute approximate surface area is 117 Å². The molecule has 0 saturated carbocycles. The van der Waals surface area contributed by atoms with E-state index in [-0.39, 0.29) is 11.8 Å². The molecule has 0 aromatic carbocycles. The topological polar surface area (TPSA) is 96.7 Å². The lowest BCUT2D eigenvalue weighted by molar-refractivity contribution is 0.0950. The van der Waals surface area contributed by atoms with Crippen LogP contribution in [0, 0.1) is 6.92 Å². The molecular formula is C13H19N5O2. The van der Waals surface area contributed by atoms with Crippen LogP contribution < -0.4 is 5.32 Å². The van der Waals surface area contributed by atoms with Gasteiger partial charge in [-0.05, 0) is 13.3 Å². The Hall–Kier alpha value is -2.18. The molecule has 7 heteroatoms. The van der Waals surface area contributed by atoms with E-state index < -0.39 is 0 Å². The molecular weight excluding hydrogens is 258 g/mol. The Morgan fingerprint density at radius 3 is 2.95 bits per heavy atom. The first-order valence-corrected chi connectivity index (χ1v) is 6.68. The van der Waals surface area contributed by atoms with Crippen LogP contribution in [0.15, 0.2) is 10.9 Å². The molecule has 2 heterocycles. The summed E-state index contributed by atoms with van der Waals surface area (Å²) in [6.45, 7) is 6.29. The minimum Gasteiger partial charge on any atom is -0.360 e. The number of aromatic amines is 1. The Balaban J connectivity index is 1.87. The minimum absolute atomic E-state index is 0.131. The highest BCUT2D eigenvalue weighted by atomic mass is 16.5. The van der Waals surface area contributed by atoms with Crippen molar-refractivity contribution in [1.29, 1.82) is 0 Å². The predicted octanol–water partition coefficient (Wildman–Crippen LogP) is 1.59. The van der Waals surface area contributed by atoms with Crippen LogP contribution >= 0.6 is 0 Å². The number of aromatic nitrogens is 4. The van der Waals surface area contributed by atoms with Crippen LogP contribution in [0.5, 0.6) is 0 Å². The van der Waals surface area contributed by atoms with E-state index >= 15 is 0 Å². The monoisotopic (exact) mass is 277 g/mol. The standard InChI is InChI=1S/C13H19N5O2/c1-8(2)12-11(9(3)18-20-12)13(19)14-6-4-5-10-15-7-16-17-10/h7-8H,4-6H2,1-3H3,(H,14,19)(H,15,16,17). The number of H-pyrrole nitrogens is 1. The highest BCUT2D eigenvalue weighted by Crippen LogP contribution is 2.21. The highest BCUT2D eigenvalue weighted by molar-refractivity contribution is 5.96. The fraction of sp³-hybridized carbons (Fsp3) is 0.538. The zero-order valence-corrected chi connectivity index (χ0v) is 11.9. The summed E-state index contributed by atoms with van der Waals surface area (Å²) >= 11 is 0. The molecule has 0 aliphatic rings. The summed E-state index contributed by atoms with van der Waals surface area (Å²) in [6.07, 6.45) is 3.02. The van der Waals surface area contributed by atoms with Crippen molar-refractivity contribution >= 4 is 5.91 Å². The number of rotatable bonds is 6. The van der Waals surface area contributed by atoms with Crippen molar-refractivity contribution in [3.05, 3.63) is 29.2 Å². The molecule has 2 rings (SSSR count). The quantitative estimate of drug-likeness (QED) is 0.781. The largest absolute Gasteiger partial charge is 0.360 e. The Morgan fingerprint density at radius 1 is 1.50 bits per heavy atom. The highest BCUT2D eigenvalue weighted by Gasteiger charge is 2.21. The molecule has 0 unspecified atom stereocenters. The van der Waals surface area contributed by atoms with Gasteiger partial charge in [0.15, 0.2) is 5.76 Å². The summed E-state index contributed by atoms with van der Waals surface area (Å²) in [5, 5.41) is 13.3. The first-order valence-electron chi connectivity index (χ1n) is 6.68. The summed E-state index contributed by atoms with van der Waals surface area (Å²) in [4.78, 5) is 16.2. The molecule has 0 aliphatic carbocycles. The summed E-state index contributed by atoms with van der Waals surface area (Å²) in [5.74, 6) is 1.45. The molecule has 20 heavy (non-hydrogen) atoms. The summed E-state index contributed by atoms with van der Waals surface area (Å²) in [5.41, 5.74) is 1.18. The summed E-state index contributed by atoms with van der Waals surface area (Å²) in [7, 11) is 0. The molecule has 2 aromatic heterocycles. The van der Waals surface area contributed by atoms with Crippen molar-refractivity contribution in [2.75, 3.05) is 6.54 Å². The van der Waals surface area contributed by atoms with E-state index in [4.69, 9.17) is 4.52 Å². The smallest absolute Gasteiger partial charge is 0.256 e. The average Bonchev–Trinajstić information content (AvgIpc) is 3.03. The number of hydrogen-bond acceptors (Lipinski definition) is 5. The third-order valence-corrected chi connectivity index (χ3v) is 2.98. The fourth-order valence-electron chi connectivity index (χ4n) is 1.95. The molecule has 0 atom stereocenters. The van der Waals surface area contributed by atoms with Crippen molar-refractivity contribution in [2.24, 2.45) is 0 Å². The van der Waals surface area contributed by atoms with E-state index in [1.165, 1.54) is 6.33 Å². The second kappa shape index (κ2) is 6.31. The van der Waals surface area contributed by atoms with Crippen molar-refractivity contribution in [1.82, 2.24) is 25.7 Å². The first kappa shape index (κ1) is 14.2. The van der Waals surface area contributed by atoms with Crippen LogP contribution in [0.25, 0.3) is 0 Å². The van der Waals surface area contributed by atoms with Crippen molar-refractivity contribution in [3.8, 4) is 0 Å². The summed E-state index contributed by atoms with van der Waals surface area (Å²) < 4.78 is 5.21. The maximum atomic E-state index is 12.2. The zero-order chi connectivity index (χ0) is 14.5. The van der Waals surface area contributed by atoms with Gasteiger partial charge in [0, 0.05) is 18.9 Å². The van der Waals surface area contributed by atoms with E-state index in [0.29, 0.717) is 23.6 Å². The molecule has 0 bridgehead atoms. The van der Waals surface area contributed by atoms with Gasteiger partial charge in [0.25, 0.3) is 5.91 Å². The molecule has 0 aliphatic heterocycles. The van der Waals surface area contributed by atoms with Gasteiger partial charge < -0.3 is 9.84 Å². The van der Waals surface area contributed by atoms with Crippen LogP contribution in [0.3, 0.4) is 0 Å². The molecule has 108 valence electrons. The van der Waals surface area contributed by atoms with Crippen molar-refractivity contribution in [3.63, 3.8) is 0 Å². The lowest BCUT2D eigenvalue weighted by atomic mass is 10.0. The van der Waals surface area contributed by atoms with E-state index in [1.807, 2.05) is 13.8 Å². The van der Waals surface area contributed by atoms with Gasteiger partial charge >= 0.3 is 0 Å². The lowest BCUT2D eigenvalue weighted by Crippen LogP contribution is -2.26. The third kappa shape index (κ3) is 3.23. The van der Waals surface area contributed by atoms with Gasteiger partial charge in [0.2, 0.25) is 0 Å². The normalized spacial score (nSPS) is 11.0. The Morgan fingerprint density at radius 2 is 2.30 bits per heavy atom.